The van der Waals surface area contributed by atoms with Crippen LogP contribution in [0.25, 0.3) is 0 Å². The van der Waals surface area contributed by atoms with Gasteiger partial charge in [0.05, 0.1) is 11.8 Å². The van der Waals surface area contributed by atoms with Gasteiger partial charge in [-0.15, -0.1) is 0 Å². The maximum atomic E-state index is 12.0. The Morgan fingerprint density at radius 1 is 1.67 bits per heavy atom. The highest BCUT2D eigenvalue weighted by molar-refractivity contribution is 9.09. The number of nitrogens with zero attached hydrogens (tertiary/aromatic N) is 1. The molecule has 82 valence electrons. The van der Waals surface area contributed by atoms with E-state index in [4.69, 9.17) is 4.42 Å². The molecule has 1 aromatic heterocycles. The zero-order valence-corrected chi connectivity index (χ0v) is 10.2. The minimum atomic E-state index is 0.0787. The van der Waals surface area contributed by atoms with Gasteiger partial charge in [0.15, 0.2) is 0 Å². The number of hydrogen-bond acceptors (Lipinski definition) is 2. The van der Waals surface area contributed by atoms with Crippen molar-refractivity contribution in [1.29, 1.82) is 0 Å². The van der Waals surface area contributed by atoms with Gasteiger partial charge in [0, 0.05) is 17.9 Å². The summed E-state index contributed by atoms with van der Waals surface area (Å²) in [5, 5.41) is 0. The van der Waals surface area contributed by atoms with Crippen molar-refractivity contribution in [2.24, 2.45) is 5.92 Å². The third-order valence-electron chi connectivity index (χ3n) is 2.86. The van der Waals surface area contributed by atoms with Gasteiger partial charge in [-0.2, -0.15) is 0 Å². The van der Waals surface area contributed by atoms with E-state index in [9.17, 15) is 4.79 Å². The van der Waals surface area contributed by atoms with Crippen molar-refractivity contribution in [3.05, 3.63) is 24.2 Å². The molecule has 1 aromatic rings. The SMILES string of the molecule is CC1CN(C(=O)c2ccoc2)CCC1Br. The predicted octanol–water partition coefficient (Wildman–Crippen LogP) is 2.53. The van der Waals surface area contributed by atoms with Crippen molar-refractivity contribution in [1.82, 2.24) is 4.90 Å². The Morgan fingerprint density at radius 2 is 2.47 bits per heavy atom. The third kappa shape index (κ3) is 2.25. The first-order valence-electron chi connectivity index (χ1n) is 5.14. The van der Waals surface area contributed by atoms with Crippen LogP contribution in [0, 0.1) is 5.92 Å². The Balaban J connectivity index is 2.03. The zero-order chi connectivity index (χ0) is 10.8. The van der Waals surface area contributed by atoms with E-state index in [0.29, 0.717) is 16.3 Å². The minimum absolute atomic E-state index is 0.0787. The van der Waals surface area contributed by atoms with Gasteiger partial charge in [-0.1, -0.05) is 22.9 Å². The molecule has 2 atom stereocenters. The van der Waals surface area contributed by atoms with Crippen LogP contribution in [-0.2, 0) is 0 Å². The Bertz CT molecular complexity index is 336. The molecule has 4 heteroatoms. The second-order valence-corrected chi connectivity index (χ2v) is 5.22. The Labute approximate surface area is 97.6 Å². The van der Waals surface area contributed by atoms with Crippen LogP contribution >= 0.6 is 15.9 Å². The normalized spacial score (nSPS) is 26.7. The minimum Gasteiger partial charge on any atom is -0.472 e. The number of carbonyl (C=O) groups is 1. The molecule has 0 bridgehead atoms. The van der Waals surface area contributed by atoms with E-state index in [2.05, 4.69) is 22.9 Å². The summed E-state index contributed by atoms with van der Waals surface area (Å²) in [5.41, 5.74) is 0.648. The molecule has 0 aromatic carbocycles. The van der Waals surface area contributed by atoms with Crippen LogP contribution in [0.5, 0.6) is 0 Å². The van der Waals surface area contributed by atoms with E-state index in [1.54, 1.807) is 6.07 Å². The molecule has 2 rings (SSSR count). The van der Waals surface area contributed by atoms with Crippen molar-refractivity contribution >= 4 is 21.8 Å². The Kier molecular flexibility index (Phi) is 3.14. The highest BCUT2D eigenvalue weighted by Crippen LogP contribution is 2.24. The first-order valence-corrected chi connectivity index (χ1v) is 6.05. The molecule has 0 saturated carbocycles. The second-order valence-electron chi connectivity index (χ2n) is 4.05. The summed E-state index contributed by atoms with van der Waals surface area (Å²) in [6, 6.07) is 1.72. The fourth-order valence-electron chi connectivity index (χ4n) is 1.87. The van der Waals surface area contributed by atoms with Crippen molar-refractivity contribution in [2.45, 2.75) is 18.2 Å². The predicted molar refractivity (Wildman–Crippen MR) is 61.1 cm³/mol. The van der Waals surface area contributed by atoms with Crippen LogP contribution in [0.3, 0.4) is 0 Å². The lowest BCUT2D eigenvalue weighted by atomic mass is 9.99. The molecule has 3 nitrogen and oxygen atoms in total. The average Bonchev–Trinajstić information content (AvgIpc) is 2.74. The number of amides is 1. The Hall–Kier alpha value is -0.770. The van der Waals surface area contributed by atoms with Gasteiger partial charge < -0.3 is 9.32 Å². The number of alkyl halides is 1. The number of likely N-dealkylation sites (tertiary alicyclic amines) is 1. The number of rotatable bonds is 1. The quantitative estimate of drug-likeness (QED) is 0.736. The van der Waals surface area contributed by atoms with Crippen LogP contribution in [0.15, 0.2) is 23.0 Å². The monoisotopic (exact) mass is 271 g/mol. The molecule has 15 heavy (non-hydrogen) atoms. The van der Waals surface area contributed by atoms with Crippen molar-refractivity contribution in [3.8, 4) is 0 Å². The Morgan fingerprint density at radius 3 is 3.07 bits per heavy atom. The first-order chi connectivity index (χ1) is 7.18. The summed E-state index contributed by atoms with van der Waals surface area (Å²) < 4.78 is 4.92. The van der Waals surface area contributed by atoms with E-state index >= 15 is 0 Å². The van der Waals surface area contributed by atoms with Gasteiger partial charge in [-0.05, 0) is 18.4 Å². The lowest BCUT2D eigenvalue weighted by Gasteiger charge is -2.34. The first kappa shape index (κ1) is 10.7. The number of carbonyl (C=O) groups excluding carboxylic acids is 1. The van der Waals surface area contributed by atoms with Crippen LogP contribution in [-0.4, -0.2) is 28.7 Å². The number of hydrogen-bond donors (Lipinski definition) is 0. The van der Waals surface area contributed by atoms with Gasteiger partial charge >= 0.3 is 0 Å². The van der Waals surface area contributed by atoms with Gasteiger partial charge in [-0.3, -0.25) is 4.79 Å². The zero-order valence-electron chi connectivity index (χ0n) is 8.65. The maximum absolute atomic E-state index is 12.0. The summed E-state index contributed by atoms with van der Waals surface area (Å²) in [6.45, 7) is 3.80. The van der Waals surface area contributed by atoms with Crippen LogP contribution in [0.4, 0.5) is 0 Å². The van der Waals surface area contributed by atoms with E-state index in [0.717, 1.165) is 19.5 Å². The average molecular weight is 272 g/mol. The number of halogens is 1. The van der Waals surface area contributed by atoms with E-state index in [1.807, 2.05) is 4.90 Å². The topological polar surface area (TPSA) is 33.5 Å². The van der Waals surface area contributed by atoms with Crippen molar-refractivity contribution in [3.63, 3.8) is 0 Å². The van der Waals surface area contributed by atoms with Gasteiger partial charge in [-0.25, -0.2) is 0 Å². The molecule has 0 radical (unpaired) electrons. The summed E-state index contributed by atoms with van der Waals surface area (Å²) in [7, 11) is 0. The largest absolute Gasteiger partial charge is 0.472 e. The van der Waals surface area contributed by atoms with E-state index in [-0.39, 0.29) is 5.91 Å². The van der Waals surface area contributed by atoms with E-state index < -0.39 is 0 Å². The summed E-state index contributed by atoms with van der Waals surface area (Å²) in [5.74, 6) is 0.588. The van der Waals surface area contributed by atoms with Crippen LogP contribution in [0.2, 0.25) is 0 Å². The molecule has 0 spiro atoms. The fraction of sp³-hybridized carbons (Fsp3) is 0.545. The molecule has 1 aliphatic heterocycles. The molecular weight excluding hydrogens is 258 g/mol. The van der Waals surface area contributed by atoms with Crippen LogP contribution < -0.4 is 0 Å². The number of piperidine rings is 1. The lowest BCUT2D eigenvalue weighted by molar-refractivity contribution is 0.0690. The molecule has 1 fully saturated rings. The van der Waals surface area contributed by atoms with Gasteiger partial charge in [0.1, 0.15) is 6.26 Å². The smallest absolute Gasteiger partial charge is 0.257 e. The third-order valence-corrected chi connectivity index (χ3v) is 4.22. The maximum Gasteiger partial charge on any atom is 0.257 e. The summed E-state index contributed by atoms with van der Waals surface area (Å²) >= 11 is 3.62. The summed E-state index contributed by atoms with van der Waals surface area (Å²) in [4.78, 5) is 14.4. The highest BCUT2D eigenvalue weighted by atomic mass is 79.9. The second kappa shape index (κ2) is 4.39. The van der Waals surface area contributed by atoms with Crippen molar-refractivity contribution in [2.75, 3.05) is 13.1 Å². The number of furan rings is 1. The van der Waals surface area contributed by atoms with Gasteiger partial charge in [0.25, 0.3) is 5.91 Å². The highest BCUT2D eigenvalue weighted by Gasteiger charge is 2.27. The molecule has 2 unspecified atom stereocenters. The standard InChI is InChI=1S/C11H14BrNO2/c1-8-6-13(4-2-10(8)12)11(14)9-3-5-15-7-9/h3,5,7-8,10H,2,4,6H2,1H3. The molecular formula is C11H14BrNO2. The van der Waals surface area contributed by atoms with Crippen molar-refractivity contribution < 1.29 is 9.21 Å². The molecule has 2 heterocycles. The molecule has 1 amide bonds. The van der Waals surface area contributed by atoms with Crippen LogP contribution in [0.1, 0.15) is 23.7 Å². The fourth-order valence-corrected chi connectivity index (χ4v) is 2.24. The van der Waals surface area contributed by atoms with E-state index in [1.165, 1.54) is 12.5 Å². The molecule has 0 aliphatic carbocycles. The summed E-state index contributed by atoms with van der Waals surface area (Å²) in [6.07, 6.45) is 4.06. The van der Waals surface area contributed by atoms with Gasteiger partial charge in [0.2, 0.25) is 0 Å². The lowest BCUT2D eigenvalue weighted by Crippen LogP contribution is -2.43. The molecule has 1 aliphatic rings. The molecule has 1 saturated heterocycles. The molecule has 0 N–H and O–H groups in total.